The molecule has 0 aliphatic carbocycles. The third kappa shape index (κ3) is 2.91. The fraction of sp³-hybridized carbons (Fsp3) is 0.444. The first-order valence-electron chi connectivity index (χ1n) is 8.10. The van der Waals surface area contributed by atoms with Crippen LogP contribution in [0, 0.1) is 12.7 Å². The molecule has 5 nitrogen and oxygen atoms in total. The number of carbonyl (C=O) groups excluding carboxylic acids is 1. The Hall–Kier alpha value is -1.99. The molecule has 0 unspecified atom stereocenters. The SMILES string of the molecule is COC(=O)c1cc(C)nc2c(F)cc(B3OC(C)(C)C(C)(C)O3)cc12. The van der Waals surface area contributed by atoms with E-state index in [1.54, 1.807) is 19.1 Å². The molecule has 0 radical (unpaired) electrons. The predicted molar refractivity (Wildman–Crippen MR) is 93.5 cm³/mol. The molecule has 1 aromatic heterocycles. The average molecular weight is 345 g/mol. The van der Waals surface area contributed by atoms with E-state index < -0.39 is 30.1 Å². The van der Waals surface area contributed by atoms with Gasteiger partial charge in [-0.25, -0.2) is 14.2 Å². The first-order valence-corrected chi connectivity index (χ1v) is 8.10. The van der Waals surface area contributed by atoms with Gasteiger partial charge in [0.15, 0.2) is 0 Å². The zero-order valence-electron chi connectivity index (χ0n) is 15.3. The van der Waals surface area contributed by atoms with Crippen LogP contribution in [0.5, 0.6) is 0 Å². The van der Waals surface area contributed by atoms with E-state index in [-0.39, 0.29) is 11.1 Å². The Morgan fingerprint density at radius 3 is 2.32 bits per heavy atom. The van der Waals surface area contributed by atoms with Crippen molar-refractivity contribution in [3.8, 4) is 0 Å². The quantitative estimate of drug-likeness (QED) is 0.619. The summed E-state index contributed by atoms with van der Waals surface area (Å²) < 4.78 is 31.5. The molecule has 3 rings (SSSR count). The Balaban J connectivity index is 2.17. The van der Waals surface area contributed by atoms with Crippen molar-refractivity contribution >= 4 is 29.5 Å². The summed E-state index contributed by atoms with van der Waals surface area (Å²) in [5.41, 5.74) is 0.345. The summed E-state index contributed by atoms with van der Waals surface area (Å²) in [6, 6.07) is 4.61. The van der Waals surface area contributed by atoms with Crippen LogP contribution in [0.3, 0.4) is 0 Å². The fourth-order valence-electron chi connectivity index (χ4n) is 2.83. The first kappa shape index (κ1) is 17.8. The number of carbonyl (C=O) groups is 1. The van der Waals surface area contributed by atoms with Crippen LogP contribution in [0.4, 0.5) is 4.39 Å². The highest BCUT2D eigenvalue weighted by Crippen LogP contribution is 2.36. The number of aromatic nitrogens is 1. The number of rotatable bonds is 2. The third-order valence-electron chi connectivity index (χ3n) is 4.95. The first-order chi connectivity index (χ1) is 11.6. The number of aryl methyl sites for hydroxylation is 1. The largest absolute Gasteiger partial charge is 0.494 e. The molecule has 25 heavy (non-hydrogen) atoms. The van der Waals surface area contributed by atoms with E-state index in [1.165, 1.54) is 13.2 Å². The molecule has 0 amide bonds. The van der Waals surface area contributed by atoms with E-state index in [4.69, 9.17) is 14.0 Å². The van der Waals surface area contributed by atoms with Crippen LogP contribution in [0.15, 0.2) is 18.2 Å². The molecule has 7 heteroatoms. The molecule has 0 N–H and O–H groups in total. The fourth-order valence-corrected chi connectivity index (χ4v) is 2.83. The molecule has 1 aliphatic heterocycles. The van der Waals surface area contributed by atoms with Gasteiger partial charge in [0.25, 0.3) is 0 Å². The van der Waals surface area contributed by atoms with E-state index in [0.717, 1.165) is 0 Å². The molecule has 2 heterocycles. The van der Waals surface area contributed by atoms with Gasteiger partial charge in [-0.05, 0) is 52.2 Å². The number of methoxy groups -OCH3 is 1. The molecule has 0 atom stereocenters. The molecule has 0 bridgehead atoms. The van der Waals surface area contributed by atoms with Gasteiger partial charge in [0.05, 0.1) is 23.9 Å². The maximum atomic E-state index is 14.7. The predicted octanol–water partition coefficient (Wildman–Crippen LogP) is 2.77. The monoisotopic (exact) mass is 345 g/mol. The minimum atomic E-state index is -0.726. The average Bonchev–Trinajstić information content (AvgIpc) is 2.74. The Morgan fingerprint density at radius 1 is 1.16 bits per heavy atom. The van der Waals surface area contributed by atoms with Crippen LogP contribution in [-0.4, -0.2) is 36.4 Å². The van der Waals surface area contributed by atoms with E-state index in [2.05, 4.69) is 4.98 Å². The molecule has 132 valence electrons. The summed E-state index contributed by atoms with van der Waals surface area (Å²) in [6.45, 7) is 9.41. The molecule has 0 saturated carbocycles. The maximum absolute atomic E-state index is 14.7. The van der Waals surface area contributed by atoms with Crippen LogP contribution in [-0.2, 0) is 14.0 Å². The minimum Gasteiger partial charge on any atom is -0.465 e. The van der Waals surface area contributed by atoms with Crippen LogP contribution in [0.1, 0.15) is 43.7 Å². The molecule has 1 fully saturated rings. The molecular weight excluding hydrogens is 324 g/mol. The summed E-state index contributed by atoms with van der Waals surface area (Å²) in [4.78, 5) is 16.3. The number of fused-ring (bicyclic) bond motifs is 1. The van der Waals surface area contributed by atoms with Gasteiger partial charge in [-0.2, -0.15) is 0 Å². The summed E-state index contributed by atoms with van der Waals surface area (Å²) >= 11 is 0. The number of benzene rings is 1. The standard InChI is InChI=1S/C18H21BFNO4/c1-10-7-13(16(22)23-6)12-8-11(9-14(20)15(12)21-10)19-24-17(2,3)18(4,5)25-19/h7-9H,1-6H3. The van der Waals surface area contributed by atoms with E-state index in [0.29, 0.717) is 16.5 Å². The van der Waals surface area contributed by atoms with Gasteiger partial charge in [0.1, 0.15) is 11.3 Å². The number of ether oxygens (including phenoxy) is 1. The lowest BCUT2D eigenvalue weighted by Gasteiger charge is -2.32. The number of pyridine rings is 1. The lowest BCUT2D eigenvalue weighted by Crippen LogP contribution is -2.41. The van der Waals surface area contributed by atoms with Gasteiger partial charge >= 0.3 is 13.1 Å². The van der Waals surface area contributed by atoms with E-state index in [9.17, 15) is 9.18 Å². The Kier molecular flexibility index (Phi) is 4.12. The minimum absolute atomic E-state index is 0.126. The molecule has 1 saturated heterocycles. The summed E-state index contributed by atoms with van der Waals surface area (Å²) in [5, 5.41) is 0.377. The highest BCUT2D eigenvalue weighted by atomic mass is 19.1. The van der Waals surface area contributed by atoms with Gasteiger partial charge in [0.2, 0.25) is 0 Å². The normalized spacial score (nSPS) is 18.6. The van der Waals surface area contributed by atoms with Gasteiger partial charge in [0, 0.05) is 11.1 Å². The van der Waals surface area contributed by atoms with E-state index >= 15 is 0 Å². The Morgan fingerprint density at radius 2 is 1.76 bits per heavy atom. The number of halogens is 1. The second-order valence-corrected chi connectivity index (χ2v) is 7.29. The highest BCUT2D eigenvalue weighted by molar-refractivity contribution is 6.62. The van der Waals surface area contributed by atoms with Crippen molar-refractivity contribution in [3.63, 3.8) is 0 Å². The van der Waals surface area contributed by atoms with Crippen LogP contribution in [0.2, 0.25) is 0 Å². The van der Waals surface area contributed by atoms with Gasteiger partial charge < -0.3 is 14.0 Å². The molecule has 2 aromatic rings. The summed E-state index contributed by atoms with van der Waals surface area (Å²) in [7, 11) is 0.564. The molecule has 0 spiro atoms. The topological polar surface area (TPSA) is 57.7 Å². The van der Waals surface area contributed by atoms with Crippen LogP contribution >= 0.6 is 0 Å². The van der Waals surface area contributed by atoms with Gasteiger partial charge in [-0.1, -0.05) is 6.07 Å². The van der Waals surface area contributed by atoms with Crippen molar-refractivity contribution in [3.05, 3.63) is 35.3 Å². The van der Waals surface area contributed by atoms with E-state index in [1.807, 2.05) is 27.7 Å². The number of nitrogens with zero attached hydrogens (tertiary/aromatic N) is 1. The summed E-state index contributed by atoms with van der Waals surface area (Å²) in [5.74, 6) is -1.07. The van der Waals surface area contributed by atoms with Crippen molar-refractivity contribution in [1.82, 2.24) is 4.98 Å². The Labute approximate surface area is 146 Å². The zero-order chi connectivity index (χ0) is 18.6. The second kappa shape index (κ2) is 5.78. The Bertz CT molecular complexity index is 850. The molecular formula is C18H21BFNO4. The highest BCUT2D eigenvalue weighted by Gasteiger charge is 2.51. The van der Waals surface area contributed by atoms with Crippen molar-refractivity contribution in [2.24, 2.45) is 0 Å². The number of hydrogen-bond donors (Lipinski definition) is 0. The van der Waals surface area contributed by atoms with Crippen LogP contribution in [0.25, 0.3) is 10.9 Å². The summed E-state index contributed by atoms with van der Waals surface area (Å²) in [6.07, 6.45) is 0. The van der Waals surface area contributed by atoms with Crippen LogP contribution < -0.4 is 5.46 Å². The number of esters is 1. The maximum Gasteiger partial charge on any atom is 0.494 e. The molecule has 1 aromatic carbocycles. The third-order valence-corrected chi connectivity index (χ3v) is 4.95. The zero-order valence-corrected chi connectivity index (χ0v) is 15.3. The smallest absolute Gasteiger partial charge is 0.465 e. The van der Waals surface area contributed by atoms with Crippen molar-refractivity contribution in [1.29, 1.82) is 0 Å². The molecule has 1 aliphatic rings. The lowest BCUT2D eigenvalue weighted by atomic mass is 9.78. The van der Waals surface area contributed by atoms with Gasteiger partial charge in [-0.15, -0.1) is 0 Å². The second-order valence-electron chi connectivity index (χ2n) is 7.29. The van der Waals surface area contributed by atoms with Crippen molar-refractivity contribution in [2.45, 2.75) is 45.8 Å². The van der Waals surface area contributed by atoms with Gasteiger partial charge in [-0.3, -0.25) is 0 Å². The van der Waals surface area contributed by atoms with Crippen molar-refractivity contribution in [2.75, 3.05) is 7.11 Å². The van der Waals surface area contributed by atoms with Crippen molar-refractivity contribution < 1.29 is 23.2 Å². The number of hydrogen-bond acceptors (Lipinski definition) is 5. The lowest BCUT2D eigenvalue weighted by molar-refractivity contribution is 0.00578.